The van der Waals surface area contributed by atoms with Gasteiger partial charge in [0.15, 0.2) is 0 Å². The summed E-state index contributed by atoms with van der Waals surface area (Å²) in [5, 5.41) is 11.5. The van der Waals surface area contributed by atoms with Crippen LogP contribution in [0, 0.1) is 10.1 Å². The van der Waals surface area contributed by atoms with Gasteiger partial charge in [0, 0.05) is 54.6 Å². The Hall–Kier alpha value is -4.74. The fraction of sp³-hybridized carbons (Fsp3) is 0.161. The molecule has 2 amide bonds. The molecule has 0 N–H and O–H groups in total. The molecule has 4 aromatic carbocycles. The Morgan fingerprint density at radius 1 is 0.860 bits per heavy atom. The molecule has 2 aliphatic rings. The maximum atomic E-state index is 13.9. The van der Waals surface area contributed by atoms with Crippen molar-refractivity contribution in [3.63, 3.8) is 0 Å². The van der Waals surface area contributed by atoms with Gasteiger partial charge in [-0.1, -0.05) is 35.9 Å². The number of hydrogen-bond acceptors (Lipinski definition) is 7. The average molecular weight is 617 g/mol. The van der Waals surface area contributed by atoms with E-state index in [1.54, 1.807) is 53.4 Å². The average Bonchev–Trinajstić information content (AvgIpc) is 3.09. The van der Waals surface area contributed by atoms with Gasteiger partial charge in [-0.3, -0.25) is 19.7 Å². The Kier molecular flexibility index (Phi) is 7.37. The molecule has 0 saturated carbocycles. The number of carbonyl (C=O) groups is 2. The topological polar surface area (TPSA) is 121 Å². The zero-order valence-corrected chi connectivity index (χ0v) is 24.3. The zero-order chi connectivity index (χ0) is 30.3. The van der Waals surface area contributed by atoms with Crippen molar-refractivity contribution in [3.05, 3.63) is 123 Å². The molecule has 0 atom stereocenters. The highest BCUT2D eigenvalue weighted by atomic mass is 35.5. The van der Waals surface area contributed by atoms with E-state index in [-0.39, 0.29) is 44.7 Å². The highest BCUT2D eigenvalue weighted by molar-refractivity contribution is 7.91. The van der Waals surface area contributed by atoms with Crippen molar-refractivity contribution in [2.75, 3.05) is 36.0 Å². The second kappa shape index (κ2) is 11.2. The number of benzene rings is 4. The third-order valence-electron chi connectivity index (χ3n) is 7.68. The molecule has 2 aliphatic heterocycles. The molecule has 12 heteroatoms. The van der Waals surface area contributed by atoms with Gasteiger partial charge in [0.25, 0.3) is 17.5 Å². The molecule has 0 unspecified atom stereocenters. The Balaban J connectivity index is 1.31. The van der Waals surface area contributed by atoms with Gasteiger partial charge in [-0.15, -0.1) is 0 Å². The van der Waals surface area contributed by atoms with E-state index in [0.717, 1.165) is 11.3 Å². The molecule has 218 valence electrons. The van der Waals surface area contributed by atoms with Crippen LogP contribution in [-0.2, 0) is 16.4 Å². The number of nitrogens with zero attached hydrogens (tertiary/aromatic N) is 4. The largest absolute Gasteiger partial charge is 0.368 e. The van der Waals surface area contributed by atoms with Crippen molar-refractivity contribution in [1.29, 1.82) is 0 Å². The Bertz CT molecular complexity index is 1850. The summed E-state index contributed by atoms with van der Waals surface area (Å²) < 4.78 is 27.6. The van der Waals surface area contributed by atoms with Crippen LogP contribution in [0.15, 0.2) is 101 Å². The highest BCUT2D eigenvalue weighted by Crippen LogP contribution is 2.38. The number of halogens is 1. The molecular formula is C31H25ClN4O6S. The van der Waals surface area contributed by atoms with Gasteiger partial charge < -0.3 is 14.7 Å². The van der Waals surface area contributed by atoms with E-state index in [0.29, 0.717) is 31.2 Å². The Labute approximate surface area is 252 Å². The standard InChI is InChI=1S/C31H25ClN4O6S/c32-23-8-5-21(6-9-23)20-35-27-19-22(7-14-29(27)43(41,42)28-4-2-1-3-26(28)31(35)38)30(37)34-17-15-33(16-18-34)24-10-12-25(13-11-24)36(39)40/h1-14,19H,15-18,20H2. The van der Waals surface area contributed by atoms with E-state index < -0.39 is 20.7 Å². The van der Waals surface area contributed by atoms with E-state index in [2.05, 4.69) is 0 Å². The maximum absolute atomic E-state index is 13.9. The number of nitro groups is 1. The lowest BCUT2D eigenvalue weighted by Gasteiger charge is -2.36. The summed E-state index contributed by atoms with van der Waals surface area (Å²) in [6, 6.07) is 23.7. The minimum absolute atomic E-state index is 0.00877. The van der Waals surface area contributed by atoms with Crippen LogP contribution in [0.25, 0.3) is 0 Å². The third-order valence-corrected chi connectivity index (χ3v) is 9.80. The monoisotopic (exact) mass is 616 g/mol. The summed E-state index contributed by atoms with van der Waals surface area (Å²) in [6.07, 6.45) is 0. The fourth-order valence-electron chi connectivity index (χ4n) is 5.40. The molecule has 0 aliphatic carbocycles. The molecule has 0 bridgehead atoms. The molecule has 2 heterocycles. The summed E-state index contributed by atoms with van der Waals surface area (Å²) in [6.45, 7) is 1.88. The number of hydrogen-bond donors (Lipinski definition) is 0. The van der Waals surface area contributed by atoms with Gasteiger partial charge in [-0.05, 0) is 60.2 Å². The molecule has 1 saturated heterocycles. The molecule has 6 rings (SSSR count). The number of anilines is 2. The quantitative estimate of drug-likeness (QED) is 0.223. The van der Waals surface area contributed by atoms with Crippen LogP contribution in [-0.4, -0.2) is 56.2 Å². The number of rotatable bonds is 5. The third kappa shape index (κ3) is 5.33. The maximum Gasteiger partial charge on any atom is 0.269 e. The number of carbonyl (C=O) groups excluding carboxylic acids is 2. The van der Waals surface area contributed by atoms with Gasteiger partial charge in [-0.2, -0.15) is 0 Å². The minimum Gasteiger partial charge on any atom is -0.368 e. The molecule has 43 heavy (non-hydrogen) atoms. The number of fused-ring (bicyclic) bond motifs is 2. The second-order valence-electron chi connectivity index (χ2n) is 10.3. The normalized spacial score (nSPS) is 15.8. The number of piperazine rings is 1. The van der Waals surface area contributed by atoms with E-state index in [9.17, 15) is 28.1 Å². The smallest absolute Gasteiger partial charge is 0.269 e. The first kappa shape index (κ1) is 28.4. The lowest BCUT2D eigenvalue weighted by molar-refractivity contribution is -0.384. The van der Waals surface area contributed by atoms with Gasteiger partial charge >= 0.3 is 0 Å². The van der Waals surface area contributed by atoms with Crippen LogP contribution < -0.4 is 9.80 Å². The summed E-state index contributed by atoms with van der Waals surface area (Å²) >= 11 is 6.06. The van der Waals surface area contributed by atoms with Crippen molar-refractivity contribution in [2.24, 2.45) is 0 Å². The highest BCUT2D eigenvalue weighted by Gasteiger charge is 2.36. The predicted molar refractivity (Wildman–Crippen MR) is 162 cm³/mol. The number of amides is 2. The predicted octanol–water partition coefficient (Wildman–Crippen LogP) is 5.20. The van der Waals surface area contributed by atoms with Gasteiger partial charge in [0.2, 0.25) is 9.84 Å². The number of nitro benzene ring substituents is 1. The minimum atomic E-state index is -4.07. The number of sulfone groups is 1. The molecule has 1 fully saturated rings. The van der Waals surface area contributed by atoms with E-state index in [1.807, 2.05) is 4.90 Å². The van der Waals surface area contributed by atoms with E-state index in [4.69, 9.17) is 11.6 Å². The van der Waals surface area contributed by atoms with Gasteiger partial charge in [-0.25, -0.2) is 8.42 Å². The van der Waals surface area contributed by atoms with Gasteiger partial charge in [0.1, 0.15) is 0 Å². The van der Waals surface area contributed by atoms with E-state index >= 15 is 0 Å². The first-order chi connectivity index (χ1) is 20.6. The van der Waals surface area contributed by atoms with Crippen molar-refractivity contribution in [1.82, 2.24) is 4.90 Å². The fourth-order valence-corrected chi connectivity index (χ4v) is 7.16. The summed E-state index contributed by atoms with van der Waals surface area (Å²) in [5.74, 6) is -0.779. The van der Waals surface area contributed by atoms with Crippen molar-refractivity contribution >= 4 is 50.3 Å². The number of non-ortho nitro benzene ring substituents is 1. The molecule has 0 radical (unpaired) electrons. The molecule has 4 aromatic rings. The van der Waals surface area contributed by atoms with Crippen molar-refractivity contribution < 1.29 is 22.9 Å². The zero-order valence-electron chi connectivity index (χ0n) is 22.7. The van der Waals surface area contributed by atoms with Crippen LogP contribution in [0.3, 0.4) is 0 Å². The van der Waals surface area contributed by atoms with Crippen LogP contribution in [0.5, 0.6) is 0 Å². The summed E-state index contributed by atoms with van der Waals surface area (Å²) in [7, 11) is -4.07. The van der Waals surface area contributed by atoms with Crippen LogP contribution in [0.4, 0.5) is 17.1 Å². The van der Waals surface area contributed by atoms with Gasteiger partial charge in [0.05, 0.1) is 32.5 Å². The SMILES string of the molecule is O=C(c1ccc2c(c1)N(Cc1ccc(Cl)cc1)C(=O)c1ccccc1S2(=O)=O)N1CCN(c2ccc([N+](=O)[O-])cc2)CC1. The lowest BCUT2D eigenvalue weighted by atomic mass is 10.1. The van der Waals surface area contributed by atoms with Crippen molar-refractivity contribution in [3.8, 4) is 0 Å². The summed E-state index contributed by atoms with van der Waals surface area (Å²) in [5.41, 5.74) is 2.02. The first-order valence-electron chi connectivity index (χ1n) is 13.5. The molecular weight excluding hydrogens is 592 g/mol. The van der Waals surface area contributed by atoms with Crippen LogP contribution in [0.1, 0.15) is 26.3 Å². The molecule has 0 spiro atoms. The Morgan fingerprint density at radius 2 is 1.53 bits per heavy atom. The van der Waals surface area contributed by atoms with Crippen LogP contribution in [0.2, 0.25) is 5.02 Å². The van der Waals surface area contributed by atoms with E-state index in [1.165, 1.54) is 47.4 Å². The summed E-state index contributed by atoms with van der Waals surface area (Å²) in [4.78, 5) is 43.0. The molecule has 10 nitrogen and oxygen atoms in total. The lowest BCUT2D eigenvalue weighted by Crippen LogP contribution is -2.48. The van der Waals surface area contributed by atoms with Crippen LogP contribution >= 0.6 is 11.6 Å². The van der Waals surface area contributed by atoms with Crippen molar-refractivity contribution in [2.45, 2.75) is 16.3 Å². The Morgan fingerprint density at radius 3 is 2.21 bits per heavy atom. The first-order valence-corrected chi connectivity index (χ1v) is 15.3. The second-order valence-corrected chi connectivity index (χ2v) is 12.6. The molecule has 0 aromatic heterocycles.